The maximum Gasteiger partial charge on any atom is 0.321 e. The van der Waals surface area contributed by atoms with Crippen molar-refractivity contribution in [2.75, 3.05) is 19.7 Å². The highest BCUT2D eigenvalue weighted by molar-refractivity contribution is 7.89. The largest absolute Gasteiger partial charge is 0.455 e. The van der Waals surface area contributed by atoms with Crippen molar-refractivity contribution in [3.05, 3.63) is 29.3 Å². The van der Waals surface area contributed by atoms with Gasteiger partial charge >= 0.3 is 5.97 Å². The van der Waals surface area contributed by atoms with E-state index in [2.05, 4.69) is 10.0 Å². The first-order valence-electron chi connectivity index (χ1n) is 8.46. The molecule has 0 fully saturated rings. The Morgan fingerprint density at radius 2 is 1.88 bits per heavy atom. The first-order chi connectivity index (χ1) is 11.9. The van der Waals surface area contributed by atoms with Gasteiger partial charge in [0.1, 0.15) is 6.54 Å². The highest BCUT2D eigenvalue weighted by atomic mass is 32.2. The van der Waals surface area contributed by atoms with E-state index >= 15 is 0 Å². The molecule has 0 spiro atoms. The smallest absolute Gasteiger partial charge is 0.321 e. The Hall–Kier alpha value is -1.93. The molecular weight excluding hydrogens is 344 g/mol. The van der Waals surface area contributed by atoms with Crippen LogP contribution < -0.4 is 10.0 Å². The molecule has 0 radical (unpaired) electrons. The van der Waals surface area contributed by atoms with Crippen molar-refractivity contribution in [1.29, 1.82) is 0 Å². The molecule has 1 aromatic carbocycles. The van der Waals surface area contributed by atoms with Crippen molar-refractivity contribution in [2.45, 2.75) is 43.9 Å². The fourth-order valence-electron chi connectivity index (χ4n) is 2.63. The van der Waals surface area contributed by atoms with Crippen molar-refractivity contribution in [1.82, 2.24) is 10.0 Å². The lowest BCUT2D eigenvalue weighted by Crippen LogP contribution is -2.34. The topological polar surface area (TPSA) is 102 Å². The minimum atomic E-state index is -3.79. The molecule has 25 heavy (non-hydrogen) atoms. The van der Waals surface area contributed by atoms with Crippen LogP contribution in [0.5, 0.6) is 0 Å². The Bertz CT molecular complexity index is 731. The number of hydrogen-bond acceptors (Lipinski definition) is 5. The molecule has 1 aliphatic rings. The molecule has 0 saturated carbocycles. The van der Waals surface area contributed by atoms with Gasteiger partial charge in [0.2, 0.25) is 10.0 Å². The summed E-state index contributed by atoms with van der Waals surface area (Å²) < 4.78 is 31.6. The summed E-state index contributed by atoms with van der Waals surface area (Å²) in [4.78, 5) is 23.1. The molecule has 0 heterocycles. The van der Waals surface area contributed by atoms with Gasteiger partial charge in [0.15, 0.2) is 6.61 Å². The fraction of sp³-hybridized carbons (Fsp3) is 0.529. The van der Waals surface area contributed by atoms with E-state index in [9.17, 15) is 18.0 Å². The predicted molar refractivity (Wildman–Crippen MR) is 92.5 cm³/mol. The number of esters is 1. The van der Waals surface area contributed by atoms with E-state index in [4.69, 9.17) is 4.74 Å². The molecule has 0 saturated heterocycles. The molecule has 138 valence electrons. The number of sulfonamides is 1. The molecule has 0 bridgehead atoms. The third-order valence-electron chi connectivity index (χ3n) is 3.97. The number of carbonyl (C=O) groups excluding carboxylic acids is 2. The maximum atomic E-state index is 12.3. The van der Waals surface area contributed by atoms with Gasteiger partial charge in [-0.05, 0) is 55.4 Å². The van der Waals surface area contributed by atoms with Gasteiger partial charge in [-0.1, -0.05) is 13.0 Å². The van der Waals surface area contributed by atoms with Gasteiger partial charge in [0.25, 0.3) is 5.91 Å². The molecule has 8 heteroatoms. The molecule has 0 aromatic heterocycles. The minimum absolute atomic E-state index is 0.140. The summed E-state index contributed by atoms with van der Waals surface area (Å²) >= 11 is 0. The lowest BCUT2D eigenvalue weighted by atomic mass is 9.92. The van der Waals surface area contributed by atoms with Gasteiger partial charge in [-0.2, -0.15) is 4.72 Å². The second kappa shape index (κ2) is 8.96. The van der Waals surface area contributed by atoms with Crippen molar-refractivity contribution in [2.24, 2.45) is 0 Å². The predicted octanol–water partition coefficient (Wildman–Crippen LogP) is 0.913. The first-order valence-corrected chi connectivity index (χ1v) is 9.94. The van der Waals surface area contributed by atoms with Crippen LogP contribution in [0.1, 0.15) is 37.3 Å². The summed E-state index contributed by atoms with van der Waals surface area (Å²) in [6, 6.07) is 5.05. The van der Waals surface area contributed by atoms with Gasteiger partial charge in [-0.3, -0.25) is 9.59 Å². The van der Waals surface area contributed by atoms with E-state index in [0.29, 0.717) is 6.54 Å². The Morgan fingerprint density at radius 1 is 1.16 bits per heavy atom. The summed E-state index contributed by atoms with van der Waals surface area (Å²) in [6.07, 6.45) is 4.79. The van der Waals surface area contributed by atoms with E-state index in [1.807, 2.05) is 13.0 Å². The second-order valence-electron chi connectivity index (χ2n) is 5.97. The average molecular weight is 368 g/mol. The van der Waals surface area contributed by atoms with Crippen molar-refractivity contribution < 1.29 is 22.7 Å². The average Bonchev–Trinajstić information content (AvgIpc) is 2.62. The number of nitrogens with one attached hydrogen (secondary N) is 2. The van der Waals surface area contributed by atoms with Crippen LogP contribution in [0, 0.1) is 0 Å². The third-order valence-corrected chi connectivity index (χ3v) is 5.37. The van der Waals surface area contributed by atoms with Gasteiger partial charge in [0, 0.05) is 6.54 Å². The van der Waals surface area contributed by atoms with E-state index in [0.717, 1.165) is 37.7 Å². The lowest BCUT2D eigenvalue weighted by molar-refractivity contribution is -0.147. The van der Waals surface area contributed by atoms with E-state index in [1.165, 1.54) is 5.56 Å². The van der Waals surface area contributed by atoms with Crippen LogP contribution in [-0.4, -0.2) is 40.0 Å². The minimum Gasteiger partial charge on any atom is -0.455 e. The number of benzene rings is 1. The number of ether oxygens (including phenoxy) is 1. The first kappa shape index (κ1) is 19.4. The summed E-state index contributed by atoms with van der Waals surface area (Å²) in [7, 11) is -3.79. The monoisotopic (exact) mass is 368 g/mol. The molecule has 2 rings (SSSR count). The van der Waals surface area contributed by atoms with Gasteiger partial charge in [-0.25, -0.2) is 8.42 Å². The van der Waals surface area contributed by atoms with E-state index in [1.54, 1.807) is 12.1 Å². The van der Waals surface area contributed by atoms with Gasteiger partial charge < -0.3 is 10.1 Å². The molecule has 0 aliphatic heterocycles. The highest BCUT2D eigenvalue weighted by Crippen LogP contribution is 2.23. The van der Waals surface area contributed by atoms with Crippen LogP contribution in [-0.2, 0) is 37.2 Å². The summed E-state index contributed by atoms with van der Waals surface area (Å²) in [5.41, 5.74) is 2.23. The Kier molecular flexibility index (Phi) is 6.95. The number of hydrogen-bond donors (Lipinski definition) is 2. The molecule has 0 atom stereocenters. The molecule has 1 aromatic rings. The summed E-state index contributed by atoms with van der Waals surface area (Å²) in [5.74, 6) is -1.21. The van der Waals surface area contributed by atoms with Crippen molar-refractivity contribution in [3.8, 4) is 0 Å². The zero-order valence-electron chi connectivity index (χ0n) is 14.3. The zero-order chi connectivity index (χ0) is 18.3. The van der Waals surface area contributed by atoms with Crippen LogP contribution in [0.15, 0.2) is 23.1 Å². The van der Waals surface area contributed by atoms with Crippen LogP contribution in [0.2, 0.25) is 0 Å². The quantitative estimate of drug-likeness (QED) is 0.664. The van der Waals surface area contributed by atoms with E-state index < -0.39 is 35.1 Å². The maximum absolute atomic E-state index is 12.3. The summed E-state index contributed by atoms with van der Waals surface area (Å²) in [6.45, 7) is 1.48. The van der Waals surface area contributed by atoms with Gasteiger partial charge in [0.05, 0.1) is 4.90 Å². The Balaban J connectivity index is 1.86. The molecule has 0 unspecified atom stereocenters. The zero-order valence-corrected chi connectivity index (χ0v) is 15.2. The second-order valence-corrected chi connectivity index (χ2v) is 7.74. The molecule has 1 amide bonds. The SMILES string of the molecule is CCCNC(=O)COC(=O)CNS(=O)(=O)c1ccc2c(c1)CCCC2. The Morgan fingerprint density at radius 3 is 2.60 bits per heavy atom. The van der Waals surface area contributed by atoms with Crippen molar-refractivity contribution >= 4 is 21.9 Å². The molecular formula is C17H24N2O5S. The highest BCUT2D eigenvalue weighted by Gasteiger charge is 2.19. The molecule has 1 aliphatic carbocycles. The lowest BCUT2D eigenvalue weighted by Gasteiger charge is -2.16. The van der Waals surface area contributed by atoms with Crippen LogP contribution >= 0.6 is 0 Å². The number of carbonyl (C=O) groups is 2. The van der Waals surface area contributed by atoms with Crippen LogP contribution in [0.25, 0.3) is 0 Å². The number of amides is 1. The fourth-order valence-corrected chi connectivity index (χ4v) is 3.65. The normalized spacial score (nSPS) is 13.8. The number of aryl methyl sites for hydroxylation is 2. The van der Waals surface area contributed by atoms with Gasteiger partial charge in [-0.15, -0.1) is 0 Å². The summed E-state index contributed by atoms with van der Waals surface area (Å²) in [5, 5.41) is 2.56. The van der Waals surface area contributed by atoms with Crippen LogP contribution in [0.4, 0.5) is 0 Å². The van der Waals surface area contributed by atoms with Crippen LogP contribution in [0.3, 0.4) is 0 Å². The standard InChI is InChI=1S/C17H24N2O5S/c1-2-9-18-16(20)12-24-17(21)11-19-25(22,23)15-8-7-13-5-3-4-6-14(13)10-15/h7-8,10,19H,2-6,9,11-12H2,1H3,(H,18,20). The molecule has 2 N–H and O–H groups in total. The third kappa shape index (κ3) is 5.82. The molecule has 7 nitrogen and oxygen atoms in total. The number of fused-ring (bicyclic) bond motifs is 1. The Labute approximate surface area is 148 Å². The van der Waals surface area contributed by atoms with Crippen molar-refractivity contribution in [3.63, 3.8) is 0 Å². The van der Waals surface area contributed by atoms with E-state index in [-0.39, 0.29) is 4.90 Å². The number of rotatable bonds is 8.